The van der Waals surface area contributed by atoms with E-state index in [4.69, 9.17) is 39.5 Å². The third-order valence-electron chi connectivity index (χ3n) is 2.76. The third-order valence-corrected chi connectivity index (χ3v) is 3.78. The summed E-state index contributed by atoms with van der Waals surface area (Å²) in [5.41, 5.74) is 5.97. The summed E-state index contributed by atoms with van der Waals surface area (Å²) in [5.74, 6) is 0.0719. The summed E-state index contributed by atoms with van der Waals surface area (Å²) in [5, 5.41) is 3.75. The third kappa shape index (κ3) is 4.14. The van der Waals surface area contributed by atoms with Crippen LogP contribution in [0.15, 0.2) is 12.1 Å². The molecular weight excluding hydrogens is 325 g/mol. The van der Waals surface area contributed by atoms with Gasteiger partial charge in [0.15, 0.2) is 6.61 Å². The minimum atomic E-state index is -0.250. The second-order valence-corrected chi connectivity index (χ2v) is 5.75. The minimum Gasteiger partial charge on any atom is -0.482 e. The molecule has 1 fully saturated rings. The fraction of sp³-hybridized carbons (Fsp3) is 0.417. The number of hydrogen-bond donors (Lipinski definition) is 3. The lowest BCUT2D eigenvalue weighted by Gasteiger charge is -2.13. The molecule has 1 aliphatic rings. The number of amides is 1. The molecule has 0 radical (unpaired) electrons. The Morgan fingerprint density at radius 3 is 2.65 bits per heavy atom. The van der Waals surface area contributed by atoms with Gasteiger partial charge in [-0.3, -0.25) is 10.2 Å². The van der Waals surface area contributed by atoms with Gasteiger partial charge < -0.3 is 10.1 Å². The minimum absolute atomic E-state index is 0.106. The second-order valence-electron chi connectivity index (χ2n) is 4.53. The number of rotatable bonds is 4. The Morgan fingerprint density at radius 2 is 2.00 bits per heavy atom. The Kier molecular flexibility index (Phi) is 5.35. The van der Waals surface area contributed by atoms with Crippen LogP contribution in [0.3, 0.4) is 0 Å². The van der Waals surface area contributed by atoms with Crippen molar-refractivity contribution >= 4 is 40.7 Å². The van der Waals surface area contributed by atoms with E-state index in [1.807, 2.05) is 6.92 Å². The van der Waals surface area contributed by atoms with Crippen molar-refractivity contribution in [3.05, 3.63) is 27.2 Å². The van der Waals surface area contributed by atoms with Crippen molar-refractivity contribution in [1.82, 2.24) is 16.2 Å². The van der Waals surface area contributed by atoms with Gasteiger partial charge in [-0.2, -0.15) is 0 Å². The molecule has 1 aromatic carbocycles. The highest BCUT2D eigenvalue weighted by Crippen LogP contribution is 2.33. The number of ether oxygens (including phenoxy) is 1. The van der Waals surface area contributed by atoms with Crippen LogP contribution in [-0.4, -0.2) is 24.7 Å². The zero-order valence-electron chi connectivity index (χ0n) is 10.7. The van der Waals surface area contributed by atoms with Crippen LogP contribution in [0.2, 0.25) is 15.1 Å². The summed E-state index contributed by atoms with van der Waals surface area (Å²) in [7, 11) is 0. The van der Waals surface area contributed by atoms with E-state index >= 15 is 0 Å². The van der Waals surface area contributed by atoms with Gasteiger partial charge in [-0.15, -0.1) is 0 Å². The van der Waals surface area contributed by atoms with E-state index in [1.165, 1.54) is 12.1 Å². The topological polar surface area (TPSA) is 62.4 Å². The monoisotopic (exact) mass is 337 g/mol. The number of carbonyl (C=O) groups excluding carboxylic acids is 1. The maximum atomic E-state index is 11.7. The van der Waals surface area contributed by atoms with Crippen LogP contribution < -0.4 is 20.9 Å². The van der Waals surface area contributed by atoms with Gasteiger partial charge in [-0.1, -0.05) is 34.8 Å². The first-order chi connectivity index (χ1) is 9.45. The average Bonchev–Trinajstić information content (AvgIpc) is 2.77. The Morgan fingerprint density at radius 1 is 1.30 bits per heavy atom. The van der Waals surface area contributed by atoms with Gasteiger partial charge in [0, 0.05) is 12.1 Å². The maximum Gasteiger partial charge on any atom is 0.259 e. The van der Waals surface area contributed by atoms with Crippen LogP contribution in [0.25, 0.3) is 0 Å². The van der Waals surface area contributed by atoms with Crippen molar-refractivity contribution in [2.24, 2.45) is 0 Å². The fourth-order valence-corrected chi connectivity index (χ4v) is 2.39. The first-order valence-corrected chi connectivity index (χ1v) is 7.17. The summed E-state index contributed by atoms with van der Waals surface area (Å²) < 4.78 is 5.34. The molecule has 3 N–H and O–H groups in total. The van der Waals surface area contributed by atoms with Crippen LogP contribution in [-0.2, 0) is 4.79 Å². The lowest BCUT2D eigenvalue weighted by molar-refractivity contribution is -0.123. The second kappa shape index (κ2) is 6.83. The van der Waals surface area contributed by atoms with E-state index in [0.29, 0.717) is 26.9 Å². The van der Waals surface area contributed by atoms with E-state index in [1.54, 1.807) is 0 Å². The molecular formula is C12H14Cl3N3O2. The predicted molar refractivity (Wildman–Crippen MR) is 79.2 cm³/mol. The molecule has 2 rings (SSSR count). The number of hydrogen-bond acceptors (Lipinski definition) is 4. The van der Waals surface area contributed by atoms with Crippen molar-refractivity contribution in [2.45, 2.75) is 25.6 Å². The molecule has 8 heteroatoms. The SMILES string of the molecule is CC1CC(NC(=O)COc2cc(Cl)c(Cl)cc2Cl)NN1. The Bertz CT molecular complexity index is 513. The molecule has 2 unspecified atom stereocenters. The summed E-state index contributed by atoms with van der Waals surface area (Å²) in [6.07, 6.45) is 0.699. The smallest absolute Gasteiger partial charge is 0.259 e. The quantitative estimate of drug-likeness (QED) is 0.738. The van der Waals surface area contributed by atoms with Crippen molar-refractivity contribution < 1.29 is 9.53 Å². The van der Waals surface area contributed by atoms with Gasteiger partial charge in [0.25, 0.3) is 5.91 Å². The van der Waals surface area contributed by atoms with Crippen molar-refractivity contribution in [1.29, 1.82) is 0 Å². The molecule has 110 valence electrons. The van der Waals surface area contributed by atoms with E-state index in [2.05, 4.69) is 16.2 Å². The molecule has 1 heterocycles. The van der Waals surface area contributed by atoms with Gasteiger partial charge in [-0.25, -0.2) is 5.43 Å². The highest BCUT2D eigenvalue weighted by Gasteiger charge is 2.21. The molecule has 1 aromatic rings. The van der Waals surface area contributed by atoms with Gasteiger partial charge in [0.05, 0.1) is 21.2 Å². The molecule has 1 amide bonds. The van der Waals surface area contributed by atoms with E-state index in [-0.39, 0.29) is 18.7 Å². The highest BCUT2D eigenvalue weighted by molar-refractivity contribution is 6.43. The standard InChI is InChI=1S/C12H14Cl3N3O2/c1-6-2-11(18-17-6)16-12(19)5-20-10-4-8(14)7(13)3-9(10)15/h3-4,6,11,17-18H,2,5H2,1H3,(H,16,19). The van der Waals surface area contributed by atoms with Crippen molar-refractivity contribution in [3.63, 3.8) is 0 Å². The normalized spacial score (nSPS) is 21.8. The maximum absolute atomic E-state index is 11.7. The summed E-state index contributed by atoms with van der Waals surface area (Å²) in [4.78, 5) is 11.7. The lowest BCUT2D eigenvalue weighted by atomic mass is 10.2. The lowest BCUT2D eigenvalue weighted by Crippen LogP contribution is -2.45. The number of benzene rings is 1. The zero-order chi connectivity index (χ0) is 14.7. The Labute approximate surface area is 131 Å². The Balaban J connectivity index is 1.85. The van der Waals surface area contributed by atoms with Crippen LogP contribution in [0, 0.1) is 0 Å². The zero-order valence-corrected chi connectivity index (χ0v) is 12.9. The average molecular weight is 339 g/mol. The Hall–Kier alpha value is -0.720. The molecule has 1 aliphatic heterocycles. The van der Waals surface area contributed by atoms with Gasteiger partial charge in [0.2, 0.25) is 0 Å². The van der Waals surface area contributed by atoms with Crippen LogP contribution in [0.4, 0.5) is 0 Å². The predicted octanol–water partition coefficient (Wildman–Crippen LogP) is 2.35. The summed E-state index contributed by atoms with van der Waals surface area (Å²) in [6, 6.07) is 3.27. The summed E-state index contributed by atoms with van der Waals surface area (Å²) >= 11 is 17.6. The van der Waals surface area contributed by atoms with Crippen LogP contribution in [0.1, 0.15) is 13.3 Å². The molecule has 0 aliphatic carbocycles. The molecule has 0 saturated carbocycles. The van der Waals surface area contributed by atoms with Gasteiger partial charge >= 0.3 is 0 Å². The number of hydrazine groups is 1. The fourth-order valence-electron chi connectivity index (χ4n) is 1.80. The van der Waals surface area contributed by atoms with Gasteiger partial charge in [-0.05, 0) is 19.4 Å². The van der Waals surface area contributed by atoms with Crippen LogP contribution in [0.5, 0.6) is 5.75 Å². The molecule has 0 spiro atoms. The molecule has 2 atom stereocenters. The first kappa shape index (κ1) is 15.7. The molecule has 5 nitrogen and oxygen atoms in total. The highest BCUT2D eigenvalue weighted by atomic mass is 35.5. The molecule has 20 heavy (non-hydrogen) atoms. The number of halogens is 3. The van der Waals surface area contributed by atoms with Crippen molar-refractivity contribution in [3.8, 4) is 5.75 Å². The largest absolute Gasteiger partial charge is 0.482 e. The van der Waals surface area contributed by atoms with E-state index in [9.17, 15) is 4.79 Å². The summed E-state index contributed by atoms with van der Waals surface area (Å²) in [6.45, 7) is 1.87. The van der Waals surface area contributed by atoms with Gasteiger partial charge in [0.1, 0.15) is 5.75 Å². The first-order valence-electron chi connectivity index (χ1n) is 6.03. The number of nitrogens with one attached hydrogen (secondary N) is 3. The number of carbonyl (C=O) groups is 1. The van der Waals surface area contributed by atoms with Crippen molar-refractivity contribution in [2.75, 3.05) is 6.61 Å². The molecule has 0 aromatic heterocycles. The molecule has 0 bridgehead atoms. The molecule has 1 saturated heterocycles. The van der Waals surface area contributed by atoms with E-state index in [0.717, 1.165) is 6.42 Å². The van der Waals surface area contributed by atoms with Crippen LogP contribution >= 0.6 is 34.8 Å². The van der Waals surface area contributed by atoms with E-state index < -0.39 is 0 Å².